The minimum Gasteiger partial charge on any atom is -0.493 e. The van der Waals surface area contributed by atoms with Gasteiger partial charge in [-0.25, -0.2) is 0 Å². The Morgan fingerprint density at radius 3 is 2.54 bits per heavy atom. The second kappa shape index (κ2) is 10.4. The maximum Gasteiger partial charge on any atom is 0.161 e. The Kier molecular flexibility index (Phi) is 6.47. The van der Waals surface area contributed by atoms with Crippen LogP contribution >= 0.6 is 0 Å². The van der Waals surface area contributed by atoms with E-state index in [-0.39, 0.29) is 0 Å². The first-order valence-corrected chi connectivity index (χ1v) is 12.8. The van der Waals surface area contributed by atoms with E-state index >= 15 is 0 Å². The second-order valence-corrected chi connectivity index (χ2v) is 9.60. The number of methoxy groups -OCH3 is 1. The fourth-order valence-electron chi connectivity index (χ4n) is 5.41. The molecule has 3 atom stereocenters. The Hall–Kier alpha value is -4.31. The third-order valence-electron chi connectivity index (χ3n) is 7.31. The SMILES string of the molecule is COc1cc(C=Nc2ccc([C@@H]3Nc4ccccc4[C@H]4C=CC[C@H]43)cc2)ccc1OCc1ccccc1. The molecule has 1 heterocycles. The van der Waals surface area contributed by atoms with Crippen LogP contribution in [0.2, 0.25) is 0 Å². The molecule has 4 heteroatoms. The Bertz CT molecular complexity index is 1430. The van der Waals surface area contributed by atoms with Crippen molar-refractivity contribution in [3.63, 3.8) is 0 Å². The topological polar surface area (TPSA) is 42.8 Å². The fraction of sp³-hybridized carbons (Fsp3) is 0.182. The van der Waals surface area contributed by atoms with Gasteiger partial charge in [-0.05, 0) is 71.0 Å². The molecule has 0 aromatic heterocycles. The predicted molar refractivity (Wildman–Crippen MR) is 150 cm³/mol. The molecule has 4 aromatic carbocycles. The standard InChI is InChI=1S/C33H30N2O2/c1-36-32-20-24(14-19-31(32)37-22-23-8-3-2-4-9-23)21-34-26-17-15-25(16-18-26)33-29-12-7-11-27(29)28-10-5-6-13-30(28)35-33/h2-11,13-21,27,29,33,35H,12,22H2,1H3/t27-,29-,33+/m1/s1. The van der Waals surface area contributed by atoms with Crippen molar-refractivity contribution in [3.8, 4) is 11.5 Å². The van der Waals surface area contributed by atoms with Gasteiger partial charge in [0.25, 0.3) is 0 Å². The van der Waals surface area contributed by atoms with Gasteiger partial charge in [-0.3, -0.25) is 4.99 Å². The highest BCUT2D eigenvalue weighted by atomic mass is 16.5. The monoisotopic (exact) mass is 486 g/mol. The molecule has 0 unspecified atom stereocenters. The molecule has 6 rings (SSSR count). The van der Waals surface area contributed by atoms with Crippen molar-refractivity contribution in [2.24, 2.45) is 10.9 Å². The van der Waals surface area contributed by atoms with E-state index in [0.29, 0.717) is 36.0 Å². The highest BCUT2D eigenvalue weighted by Crippen LogP contribution is 2.49. The molecule has 1 aliphatic carbocycles. The molecule has 0 amide bonds. The number of hydrogen-bond acceptors (Lipinski definition) is 4. The first kappa shape index (κ1) is 23.1. The second-order valence-electron chi connectivity index (χ2n) is 9.60. The third kappa shape index (κ3) is 4.88. The van der Waals surface area contributed by atoms with Crippen molar-refractivity contribution in [1.29, 1.82) is 0 Å². The molecule has 2 aliphatic rings. The number of allylic oxidation sites excluding steroid dienone is 2. The predicted octanol–water partition coefficient (Wildman–Crippen LogP) is 7.85. The van der Waals surface area contributed by atoms with Gasteiger partial charge in [0.1, 0.15) is 6.61 Å². The molecule has 4 nitrogen and oxygen atoms in total. The molecular formula is C33H30N2O2. The summed E-state index contributed by atoms with van der Waals surface area (Å²) in [5.41, 5.74) is 6.95. The smallest absolute Gasteiger partial charge is 0.161 e. The van der Waals surface area contributed by atoms with Gasteiger partial charge in [-0.1, -0.05) is 72.8 Å². The summed E-state index contributed by atoms with van der Waals surface area (Å²) < 4.78 is 11.5. The van der Waals surface area contributed by atoms with E-state index in [1.165, 1.54) is 16.8 Å². The minimum atomic E-state index is 0.292. The Morgan fingerprint density at radius 2 is 1.70 bits per heavy atom. The summed E-state index contributed by atoms with van der Waals surface area (Å²) in [6.45, 7) is 0.496. The van der Waals surface area contributed by atoms with Crippen LogP contribution in [0.15, 0.2) is 114 Å². The molecule has 0 fully saturated rings. The molecule has 0 saturated heterocycles. The van der Waals surface area contributed by atoms with E-state index in [1.807, 2.05) is 54.7 Å². The number of nitrogens with zero attached hydrogens (tertiary/aromatic N) is 1. The molecule has 1 N–H and O–H groups in total. The quantitative estimate of drug-likeness (QED) is 0.214. The number of para-hydroxylation sites is 1. The van der Waals surface area contributed by atoms with Crippen LogP contribution in [0.5, 0.6) is 11.5 Å². The number of hydrogen-bond donors (Lipinski definition) is 1. The molecule has 0 radical (unpaired) electrons. The number of benzene rings is 4. The molecule has 1 aliphatic heterocycles. The van der Waals surface area contributed by atoms with Gasteiger partial charge < -0.3 is 14.8 Å². The highest BCUT2D eigenvalue weighted by Gasteiger charge is 2.37. The van der Waals surface area contributed by atoms with E-state index in [1.54, 1.807) is 7.11 Å². The van der Waals surface area contributed by atoms with Crippen molar-refractivity contribution in [2.75, 3.05) is 12.4 Å². The Morgan fingerprint density at radius 1 is 0.892 bits per heavy atom. The van der Waals surface area contributed by atoms with Crippen LogP contribution in [0.1, 0.15) is 40.6 Å². The number of ether oxygens (including phenoxy) is 2. The number of nitrogens with one attached hydrogen (secondary N) is 1. The van der Waals surface area contributed by atoms with E-state index in [9.17, 15) is 0 Å². The van der Waals surface area contributed by atoms with Crippen LogP contribution in [-0.4, -0.2) is 13.3 Å². The summed E-state index contributed by atoms with van der Waals surface area (Å²) in [5.74, 6) is 2.43. The molecule has 0 saturated carbocycles. The summed E-state index contributed by atoms with van der Waals surface area (Å²) in [4.78, 5) is 4.71. The lowest BCUT2D eigenvalue weighted by molar-refractivity contribution is 0.284. The van der Waals surface area contributed by atoms with Gasteiger partial charge in [0, 0.05) is 17.8 Å². The normalized spacial score (nSPS) is 19.8. The Labute approximate surface area is 218 Å². The summed E-state index contributed by atoms with van der Waals surface area (Å²) >= 11 is 0. The van der Waals surface area contributed by atoms with Crippen LogP contribution in [0.4, 0.5) is 11.4 Å². The summed E-state index contributed by atoms with van der Waals surface area (Å²) in [5, 5.41) is 3.80. The van der Waals surface area contributed by atoms with E-state index in [4.69, 9.17) is 14.5 Å². The van der Waals surface area contributed by atoms with Crippen LogP contribution < -0.4 is 14.8 Å². The lowest BCUT2D eigenvalue weighted by Crippen LogP contribution is -2.28. The number of aliphatic imine (C=N–C) groups is 1. The molecule has 184 valence electrons. The minimum absolute atomic E-state index is 0.292. The van der Waals surface area contributed by atoms with Crippen molar-refractivity contribution in [1.82, 2.24) is 0 Å². The van der Waals surface area contributed by atoms with Crippen molar-refractivity contribution < 1.29 is 9.47 Å². The zero-order chi connectivity index (χ0) is 25.0. The van der Waals surface area contributed by atoms with Gasteiger partial charge in [0.05, 0.1) is 18.8 Å². The Balaban J connectivity index is 1.15. The maximum absolute atomic E-state index is 5.97. The van der Waals surface area contributed by atoms with Crippen molar-refractivity contribution >= 4 is 17.6 Å². The van der Waals surface area contributed by atoms with Crippen LogP contribution in [0.25, 0.3) is 0 Å². The van der Waals surface area contributed by atoms with Gasteiger partial charge >= 0.3 is 0 Å². The first-order chi connectivity index (χ1) is 18.3. The lowest BCUT2D eigenvalue weighted by atomic mass is 9.77. The maximum atomic E-state index is 5.97. The number of fused-ring (bicyclic) bond motifs is 3. The lowest BCUT2D eigenvalue weighted by Gasteiger charge is -2.37. The highest BCUT2D eigenvalue weighted by molar-refractivity contribution is 5.83. The molecular weight excluding hydrogens is 456 g/mol. The van der Waals surface area contributed by atoms with E-state index in [2.05, 4.69) is 66.0 Å². The molecule has 4 aromatic rings. The van der Waals surface area contributed by atoms with Gasteiger partial charge in [-0.2, -0.15) is 0 Å². The molecule has 0 bridgehead atoms. The average Bonchev–Trinajstić information content (AvgIpc) is 3.46. The summed E-state index contributed by atoms with van der Waals surface area (Å²) in [6.07, 6.45) is 7.67. The van der Waals surface area contributed by atoms with E-state index in [0.717, 1.165) is 23.2 Å². The van der Waals surface area contributed by atoms with Crippen molar-refractivity contribution in [3.05, 3.63) is 131 Å². The van der Waals surface area contributed by atoms with Crippen molar-refractivity contribution in [2.45, 2.75) is 25.0 Å². The largest absolute Gasteiger partial charge is 0.493 e. The van der Waals surface area contributed by atoms with Gasteiger partial charge in [0.2, 0.25) is 0 Å². The molecule has 0 spiro atoms. The average molecular weight is 487 g/mol. The molecule has 37 heavy (non-hydrogen) atoms. The van der Waals surface area contributed by atoms with Crippen LogP contribution in [-0.2, 0) is 6.61 Å². The summed E-state index contributed by atoms with van der Waals surface area (Å²) in [6, 6.07) is 33.6. The number of anilines is 1. The third-order valence-corrected chi connectivity index (χ3v) is 7.31. The summed E-state index contributed by atoms with van der Waals surface area (Å²) in [7, 11) is 1.66. The zero-order valence-electron chi connectivity index (χ0n) is 20.9. The number of rotatable bonds is 7. The first-order valence-electron chi connectivity index (χ1n) is 12.8. The van der Waals surface area contributed by atoms with Gasteiger partial charge in [0.15, 0.2) is 11.5 Å². The van der Waals surface area contributed by atoms with Crippen LogP contribution in [0.3, 0.4) is 0 Å². The fourth-order valence-corrected chi connectivity index (χ4v) is 5.41. The van der Waals surface area contributed by atoms with Gasteiger partial charge in [-0.15, -0.1) is 0 Å². The van der Waals surface area contributed by atoms with E-state index < -0.39 is 0 Å². The van der Waals surface area contributed by atoms with Crippen LogP contribution in [0, 0.1) is 5.92 Å². The zero-order valence-corrected chi connectivity index (χ0v) is 20.9.